The zero-order valence-electron chi connectivity index (χ0n) is 11.5. The zero-order chi connectivity index (χ0) is 14.0. The number of aromatic nitrogens is 1. The summed E-state index contributed by atoms with van der Waals surface area (Å²) in [6.07, 6.45) is 3.04. The van der Waals surface area contributed by atoms with Crippen molar-refractivity contribution in [2.24, 2.45) is 0 Å². The second-order valence-corrected chi connectivity index (χ2v) is 5.16. The highest BCUT2D eigenvalue weighted by Gasteiger charge is 2.40. The van der Waals surface area contributed by atoms with Gasteiger partial charge >= 0.3 is 7.12 Å². The van der Waals surface area contributed by atoms with E-state index in [4.69, 9.17) is 9.39 Å². The molecule has 0 radical (unpaired) electrons. The molecule has 0 saturated carbocycles. The van der Waals surface area contributed by atoms with Crippen LogP contribution in [-0.2, 0) is 4.65 Å². The number of hydrogen-bond acceptors (Lipinski definition) is 5. The molecule has 2 N–H and O–H groups in total. The highest BCUT2D eigenvalue weighted by atomic mass is 16.6. The summed E-state index contributed by atoms with van der Waals surface area (Å²) in [4.78, 5) is 3.92. The Morgan fingerprint density at radius 3 is 2.39 bits per heavy atom. The van der Waals surface area contributed by atoms with E-state index in [1.807, 2.05) is 0 Å². The lowest BCUT2D eigenvalue weighted by molar-refractivity contribution is -0.0983. The van der Waals surface area contributed by atoms with Gasteiger partial charge in [-0.1, -0.05) is 0 Å². The van der Waals surface area contributed by atoms with Gasteiger partial charge in [-0.3, -0.25) is 4.98 Å². The Balaban J connectivity index is 2.92. The van der Waals surface area contributed by atoms with Crippen LogP contribution in [0.4, 0.5) is 0 Å². The maximum Gasteiger partial charge on any atom is 0.497 e. The fourth-order valence-corrected chi connectivity index (χ4v) is 1.25. The molecule has 1 aromatic rings. The van der Waals surface area contributed by atoms with Gasteiger partial charge in [-0.15, -0.1) is 0 Å². The minimum atomic E-state index is -1.21. The van der Waals surface area contributed by atoms with Crippen LogP contribution in [0.2, 0.25) is 0 Å². The average Bonchev–Trinajstić information content (AvgIpc) is 2.26. The van der Waals surface area contributed by atoms with E-state index in [1.165, 1.54) is 13.3 Å². The molecule has 5 nitrogen and oxygen atoms in total. The number of ether oxygens (including phenoxy) is 1. The van der Waals surface area contributed by atoms with Crippen molar-refractivity contribution < 1.29 is 19.5 Å². The molecule has 0 aliphatic carbocycles. The van der Waals surface area contributed by atoms with Crippen LogP contribution in [0.3, 0.4) is 0 Å². The van der Waals surface area contributed by atoms with Gasteiger partial charge in [-0.2, -0.15) is 0 Å². The van der Waals surface area contributed by atoms with E-state index in [1.54, 1.807) is 40.0 Å². The minimum absolute atomic E-state index is 0.428. The van der Waals surface area contributed by atoms with E-state index in [2.05, 4.69) is 4.98 Å². The molecule has 0 atom stereocenters. The van der Waals surface area contributed by atoms with Crippen molar-refractivity contribution in [1.82, 2.24) is 4.98 Å². The van der Waals surface area contributed by atoms with E-state index >= 15 is 0 Å². The molecule has 100 valence electrons. The first kappa shape index (κ1) is 15.0. The molecule has 6 heteroatoms. The maximum absolute atomic E-state index is 10.1. The Bertz CT molecular complexity index is 403. The van der Waals surface area contributed by atoms with Crippen molar-refractivity contribution in [3.8, 4) is 5.75 Å². The lowest BCUT2D eigenvalue weighted by atomic mass is 9.77. The molecule has 0 fully saturated rings. The Labute approximate surface area is 108 Å². The van der Waals surface area contributed by atoms with Crippen molar-refractivity contribution in [2.75, 3.05) is 7.11 Å². The molecular weight excluding hydrogens is 233 g/mol. The molecule has 0 unspecified atom stereocenters. The number of rotatable bonds is 5. The standard InChI is InChI=1S/C12H20BNO4/c1-11(2,15)12(3,4)18-13(16)9-8-14-7-6-10(9)17-5/h6-8,15-16H,1-5H3. The molecule has 0 aliphatic heterocycles. The van der Waals surface area contributed by atoms with Gasteiger partial charge in [0.15, 0.2) is 0 Å². The summed E-state index contributed by atoms with van der Waals surface area (Å²) in [5, 5.41) is 20.1. The monoisotopic (exact) mass is 253 g/mol. The predicted octanol–water partition coefficient (Wildman–Crippen LogP) is 0.344. The van der Waals surface area contributed by atoms with Gasteiger partial charge in [0, 0.05) is 17.9 Å². The van der Waals surface area contributed by atoms with Crippen LogP contribution in [0.25, 0.3) is 0 Å². The van der Waals surface area contributed by atoms with Crippen LogP contribution in [0, 0.1) is 0 Å². The summed E-state index contributed by atoms with van der Waals surface area (Å²) in [5.41, 5.74) is -1.59. The molecule has 0 bridgehead atoms. The summed E-state index contributed by atoms with van der Waals surface area (Å²) >= 11 is 0. The smallest absolute Gasteiger partial charge is 0.497 e. The highest BCUT2D eigenvalue weighted by Crippen LogP contribution is 2.25. The van der Waals surface area contributed by atoms with Gasteiger partial charge in [-0.25, -0.2) is 0 Å². The number of hydrogen-bond donors (Lipinski definition) is 2. The first-order valence-electron chi connectivity index (χ1n) is 5.75. The van der Waals surface area contributed by atoms with E-state index in [-0.39, 0.29) is 0 Å². The Hall–Kier alpha value is -1.11. The largest absolute Gasteiger partial charge is 0.497 e. The Morgan fingerprint density at radius 1 is 1.28 bits per heavy atom. The van der Waals surface area contributed by atoms with Crippen LogP contribution < -0.4 is 10.2 Å². The summed E-state index contributed by atoms with van der Waals surface area (Å²) in [7, 11) is 0.294. The third-order valence-electron chi connectivity index (χ3n) is 3.18. The molecule has 0 saturated heterocycles. The second-order valence-electron chi connectivity index (χ2n) is 5.16. The van der Waals surface area contributed by atoms with Crippen LogP contribution in [0.5, 0.6) is 5.75 Å². The topological polar surface area (TPSA) is 71.8 Å². The van der Waals surface area contributed by atoms with Crippen molar-refractivity contribution in [1.29, 1.82) is 0 Å². The molecular formula is C12H20BNO4. The third kappa shape index (κ3) is 3.22. The Kier molecular flexibility index (Phi) is 4.37. The summed E-state index contributed by atoms with van der Waals surface area (Å²) in [6.45, 7) is 6.67. The minimum Gasteiger partial charge on any atom is -0.497 e. The summed E-state index contributed by atoms with van der Waals surface area (Å²) < 4.78 is 10.6. The van der Waals surface area contributed by atoms with Gasteiger partial charge in [0.05, 0.1) is 18.3 Å². The summed E-state index contributed by atoms with van der Waals surface area (Å²) in [5.74, 6) is 0.490. The van der Waals surface area contributed by atoms with Crippen LogP contribution in [-0.4, -0.2) is 40.5 Å². The van der Waals surface area contributed by atoms with Gasteiger partial charge in [0.1, 0.15) is 5.75 Å². The molecule has 18 heavy (non-hydrogen) atoms. The number of nitrogens with zero attached hydrogens (tertiary/aromatic N) is 1. The van der Waals surface area contributed by atoms with E-state index in [9.17, 15) is 10.1 Å². The number of methoxy groups -OCH3 is 1. The van der Waals surface area contributed by atoms with Gasteiger partial charge in [0.2, 0.25) is 0 Å². The fraction of sp³-hybridized carbons (Fsp3) is 0.583. The van der Waals surface area contributed by atoms with Crippen LogP contribution in [0.15, 0.2) is 18.5 Å². The molecule has 0 aromatic carbocycles. The average molecular weight is 253 g/mol. The first-order valence-corrected chi connectivity index (χ1v) is 5.75. The van der Waals surface area contributed by atoms with Gasteiger partial charge in [-0.05, 0) is 33.8 Å². The number of aliphatic hydroxyl groups is 1. The molecule has 0 amide bonds. The van der Waals surface area contributed by atoms with Gasteiger partial charge in [0.25, 0.3) is 0 Å². The van der Waals surface area contributed by atoms with Crippen molar-refractivity contribution in [2.45, 2.75) is 38.9 Å². The molecule has 0 spiro atoms. The highest BCUT2D eigenvalue weighted by molar-refractivity contribution is 6.61. The van der Waals surface area contributed by atoms with Crippen LogP contribution in [0.1, 0.15) is 27.7 Å². The number of pyridine rings is 1. The normalized spacial score (nSPS) is 12.4. The Morgan fingerprint density at radius 2 is 1.89 bits per heavy atom. The lowest BCUT2D eigenvalue weighted by Gasteiger charge is -2.38. The van der Waals surface area contributed by atoms with Gasteiger partial charge < -0.3 is 19.5 Å². The van der Waals surface area contributed by atoms with E-state index in [0.29, 0.717) is 11.2 Å². The quantitative estimate of drug-likeness (QED) is 0.740. The molecule has 1 rings (SSSR count). The lowest BCUT2D eigenvalue weighted by Crippen LogP contribution is -2.53. The van der Waals surface area contributed by atoms with Crippen molar-refractivity contribution in [3.05, 3.63) is 18.5 Å². The second kappa shape index (κ2) is 5.26. The summed E-state index contributed by atoms with van der Waals surface area (Å²) in [6, 6.07) is 1.64. The third-order valence-corrected chi connectivity index (χ3v) is 3.18. The molecule has 1 aromatic heterocycles. The fourth-order valence-electron chi connectivity index (χ4n) is 1.25. The first-order chi connectivity index (χ1) is 8.19. The SMILES string of the molecule is COc1ccncc1B(O)OC(C)(C)C(C)(C)O. The van der Waals surface area contributed by atoms with Crippen LogP contribution >= 0.6 is 0 Å². The van der Waals surface area contributed by atoms with Crippen molar-refractivity contribution >= 4 is 12.6 Å². The molecule has 1 heterocycles. The zero-order valence-corrected chi connectivity index (χ0v) is 11.5. The van der Waals surface area contributed by atoms with E-state index in [0.717, 1.165) is 0 Å². The maximum atomic E-state index is 10.1. The van der Waals surface area contributed by atoms with E-state index < -0.39 is 18.3 Å². The predicted molar refractivity (Wildman–Crippen MR) is 69.9 cm³/mol. The van der Waals surface area contributed by atoms with Crippen molar-refractivity contribution in [3.63, 3.8) is 0 Å². The molecule has 0 aliphatic rings.